The van der Waals surface area contributed by atoms with Crippen molar-refractivity contribution in [3.8, 4) is 0 Å². The molecule has 14 heavy (non-hydrogen) atoms. The van der Waals surface area contributed by atoms with Crippen LogP contribution in [0.4, 0.5) is 11.6 Å². The highest BCUT2D eigenvalue weighted by Gasteiger charge is 2.12. The highest BCUT2D eigenvalue weighted by atomic mass is 127. The van der Waals surface area contributed by atoms with Gasteiger partial charge in [-0.2, -0.15) is 0 Å². The monoisotopic (exact) mass is 305 g/mol. The van der Waals surface area contributed by atoms with Gasteiger partial charge in [0, 0.05) is 16.7 Å². The summed E-state index contributed by atoms with van der Waals surface area (Å²) in [5.41, 5.74) is 5.69. The smallest absolute Gasteiger partial charge is 0.132 e. The molecule has 1 aliphatic heterocycles. The first-order valence-corrected chi connectivity index (χ1v) is 5.59. The molecule has 1 saturated heterocycles. The molecule has 4 nitrogen and oxygen atoms in total. The number of pyridine rings is 1. The summed E-state index contributed by atoms with van der Waals surface area (Å²) in [4.78, 5) is 6.50. The minimum atomic E-state index is 0.582. The number of nitrogen functional groups attached to an aromatic ring is 1. The fourth-order valence-electron chi connectivity index (χ4n) is 1.46. The Labute approximate surface area is 96.6 Å². The first-order valence-electron chi connectivity index (χ1n) is 4.51. The molecule has 1 aliphatic rings. The standard InChI is InChI=1S/C9H12IN3O/c10-7-5-8(11)12-9(6-7)13-1-3-14-4-2-13/h5-6H,1-4H2,(H2,11,12). The minimum Gasteiger partial charge on any atom is -0.384 e. The number of aromatic nitrogens is 1. The Morgan fingerprint density at radius 1 is 1.36 bits per heavy atom. The first-order chi connectivity index (χ1) is 6.75. The lowest BCUT2D eigenvalue weighted by atomic mass is 10.3. The Morgan fingerprint density at radius 2 is 2.07 bits per heavy atom. The normalized spacial score (nSPS) is 17.1. The van der Waals surface area contributed by atoms with Gasteiger partial charge in [0.15, 0.2) is 0 Å². The number of nitrogens with two attached hydrogens (primary N) is 1. The van der Waals surface area contributed by atoms with E-state index in [0.717, 1.165) is 35.7 Å². The van der Waals surface area contributed by atoms with E-state index in [9.17, 15) is 0 Å². The van der Waals surface area contributed by atoms with Crippen LogP contribution in [0.15, 0.2) is 12.1 Å². The van der Waals surface area contributed by atoms with Gasteiger partial charge in [-0.3, -0.25) is 0 Å². The summed E-state index contributed by atoms with van der Waals surface area (Å²) < 4.78 is 6.40. The van der Waals surface area contributed by atoms with Gasteiger partial charge in [-0.15, -0.1) is 0 Å². The topological polar surface area (TPSA) is 51.4 Å². The fraction of sp³-hybridized carbons (Fsp3) is 0.444. The van der Waals surface area contributed by atoms with Crippen molar-refractivity contribution < 1.29 is 4.74 Å². The Kier molecular flexibility index (Phi) is 3.07. The third-order valence-electron chi connectivity index (χ3n) is 2.13. The SMILES string of the molecule is Nc1cc(I)cc(N2CCOCC2)n1. The van der Waals surface area contributed by atoms with Crippen LogP contribution in [0.3, 0.4) is 0 Å². The van der Waals surface area contributed by atoms with Gasteiger partial charge in [0.25, 0.3) is 0 Å². The predicted octanol–water partition coefficient (Wildman–Crippen LogP) is 1.10. The zero-order chi connectivity index (χ0) is 9.97. The van der Waals surface area contributed by atoms with Crippen LogP contribution in [0, 0.1) is 3.57 Å². The molecule has 0 aliphatic carbocycles. The lowest BCUT2D eigenvalue weighted by molar-refractivity contribution is 0.122. The van der Waals surface area contributed by atoms with Crippen LogP contribution in [0.25, 0.3) is 0 Å². The quantitative estimate of drug-likeness (QED) is 0.790. The number of hydrogen-bond acceptors (Lipinski definition) is 4. The van der Waals surface area contributed by atoms with Gasteiger partial charge in [0.2, 0.25) is 0 Å². The summed E-state index contributed by atoms with van der Waals surface area (Å²) in [5, 5.41) is 0. The second kappa shape index (κ2) is 4.31. The summed E-state index contributed by atoms with van der Waals surface area (Å²) in [5.74, 6) is 1.54. The Bertz CT molecular complexity index is 306. The fourth-order valence-corrected chi connectivity index (χ4v) is 2.06. The number of halogens is 1. The van der Waals surface area contributed by atoms with Crippen LogP contribution in [-0.4, -0.2) is 31.3 Å². The molecule has 0 saturated carbocycles. The molecule has 5 heteroatoms. The van der Waals surface area contributed by atoms with Crippen LogP contribution < -0.4 is 10.6 Å². The maximum absolute atomic E-state index is 5.69. The van der Waals surface area contributed by atoms with Crippen LogP contribution in [-0.2, 0) is 4.74 Å². The van der Waals surface area contributed by atoms with Crippen molar-refractivity contribution >= 4 is 34.2 Å². The number of rotatable bonds is 1. The van der Waals surface area contributed by atoms with Crippen molar-refractivity contribution in [2.75, 3.05) is 36.9 Å². The van der Waals surface area contributed by atoms with E-state index < -0.39 is 0 Å². The number of hydrogen-bond donors (Lipinski definition) is 1. The van der Waals surface area contributed by atoms with Gasteiger partial charge in [-0.1, -0.05) is 0 Å². The Morgan fingerprint density at radius 3 is 2.71 bits per heavy atom. The molecule has 0 atom stereocenters. The second-order valence-corrected chi connectivity index (χ2v) is 4.41. The minimum absolute atomic E-state index is 0.582. The molecule has 0 radical (unpaired) electrons. The molecule has 2 heterocycles. The highest BCUT2D eigenvalue weighted by Crippen LogP contribution is 2.18. The van der Waals surface area contributed by atoms with Crippen molar-refractivity contribution in [3.63, 3.8) is 0 Å². The molecule has 0 aromatic carbocycles. The summed E-state index contributed by atoms with van der Waals surface area (Å²) in [7, 11) is 0. The van der Waals surface area contributed by atoms with Crippen LogP contribution in [0.1, 0.15) is 0 Å². The van der Waals surface area contributed by atoms with Crippen LogP contribution in [0.2, 0.25) is 0 Å². The van der Waals surface area contributed by atoms with Gasteiger partial charge in [-0.25, -0.2) is 4.98 Å². The van der Waals surface area contributed by atoms with Crippen molar-refractivity contribution in [1.82, 2.24) is 4.98 Å². The maximum Gasteiger partial charge on any atom is 0.132 e. The lowest BCUT2D eigenvalue weighted by Crippen LogP contribution is -2.36. The van der Waals surface area contributed by atoms with E-state index >= 15 is 0 Å². The maximum atomic E-state index is 5.69. The van der Waals surface area contributed by atoms with Crippen molar-refractivity contribution in [2.24, 2.45) is 0 Å². The van der Waals surface area contributed by atoms with E-state index in [4.69, 9.17) is 10.5 Å². The van der Waals surface area contributed by atoms with Gasteiger partial charge in [0.05, 0.1) is 13.2 Å². The molecule has 1 aromatic heterocycles. The molecular weight excluding hydrogens is 293 g/mol. The van der Waals surface area contributed by atoms with E-state index in [1.165, 1.54) is 0 Å². The molecule has 1 aromatic rings. The Hall–Kier alpha value is -0.560. The third-order valence-corrected chi connectivity index (χ3v) is 2.75. The van der Waals surface area contributed by atoms with Crippen LogP contribution in [0.5, 0.6) is 0 Å². The molecule has 0 unspecified atom stereocenters. The van der Waals surface area contributed by atoms with Gasteiger partial charge in [0.1, 0.15) is 11.6 Å². The average Bonchev–Trinajstić information content (AvgIpc) is 2.18. The highest BCUT2D eigenvalue weighted by molar-refractivity contribution is 14.1. The molecule has 2 N–H and O–H groups in total. The average molecular weight is 305 g/mol. The van der Waals surface area contributed by atoms with Crippen molar-refractivity contribution in [1.29, 1.82) is 0 Å². The lowest BCUT2D eigenvalue weighted by Gasteiger charge is -2.28. The summed E-state index contributed by atoms with van der Waals surface area (Å²) >= 11 is 2.25. The zero-order valence-corrected chi connectivity index (χ0v) is 9.90. The zero-order valence-electron chi connectivity index (χ0n) is 7.74. The number of anilines is 2. The van der Waals surface area contributed by atoms with E-state index in [2.05, 4.69) is 32.5 Å². The summed E-state index contributed by atoms with van der Waals surface area (Å²) in [6, 6.07) is 3.91. The van der Waals surface area contributed by atoms with E-state index in [1.807, 2.05) is 12.1 Å². The largest absolute Gasteiger partial charge is 0.384 e. The summed E-state index contributed by atoms with van der Waals surface area (Å²) in [6.45, 7) is 3.33. The van der Waals surface area contributed by atoms with Crippen LogP contribution >= 0.6 is 22.6 Å². The molecule has 0 bridgehead atoms. The molecule has 1 fully saturated rings. The van der Waals surface area contributed by atoms with Gasteiger partial charge < -0.3 is 15.4 Å². The van der Waals surface area contributed by atoms with Gasteiger partial charge in [-0.05, 0) is 34.7 Å². The third kappa shape index (κ3) is 2.27. The van der Waals surface area contributed by atoms with E-state index in [0.29, 0.717) is 5.82 Å². The molecule has 0 spiro atoms. The summed E-state index contributed by atoms with van der Waals surface area (Å²) in [6.07, 6.45) is 0. The van der Waals surface area contributed by atoms with Crippen molar-refractivity contribution in [3.05, 3.63) is 15.7 Å². The molecular formula is C9H12IN3O. The molecule has 0 amide bonds. The van der Waals surface area contributed by atoms with Gasteiger partial charge >= 0.3 is 0 Å². The number of morpholine rings is 1. The van der Waals surface area contributed by atoms with Crippen molar-refractivity contribution in [2.45, 2.75) is 0 Å². The Balaban J connectivity index is 2.21. The predicted molar refractivity (Wildman–Crippen MR) is 64.4 cm³/mol. The van der Waals surface area contributed by atoms with E-state index in [-0.39, 0.29) is 0 Å². The molecule has 76 valence electrons. The number of nitrogens with zero attached hydrogens (tertiary/aromatic N) is 2. The first kappa shape index (κ1) is 9.97. The number of ether oxygens (including phenoxy) is 1. The second-order valence-electron chi connectivity index (χ2n) is 3.17. The van der Waals surface area contributed by atoms with E-state index in [1.54, 1.807) is 0 Å². The molecule has 2 rings (SSSR count).